The number of rotatable bonds is 14. The molecule has 14 nitrogen and oxygen atoms in total. The standard InChI is InChI=1S/C35H39N7O2S.C2HF3O2.CHF3O3S/c1-40-31(9-5-6-18-36)24-42(39-40)30-16-17-32(33(23-30)44-22-21-41-20-19-37-35(41)43)34-38-29(25-45-34)15-12-26-10-13-28(14-11-26)27-7-3-2-4-8-27;3-2(4,5)1(6)7;2-1(3,4)8(5,6)7/h2-4,7-8,10-11,13-14,16-17,23-25H,5-6,9,12,15,18-22,36H2,1H3;(H,6,7);(H,5,6,7). The normalized spacial score (nSPS) is 12.9. The number of hydrogen-bond acceptors (Lipinski definition) is 10. The lowest BCUT2D eigenvalue weighted by Gasteiger charge is -2.16. The minimum absolute atomic E-state index is 0.0435. The number of aromatic nitrogens is 4. The molecule has 3 heterocycles. The molecule has 1 saturated heterocycles. The molecular weight excluding hydrogens is 845 g/mol. The molecule has 1 aliphatic rings. The number of urea groups is 1. The summed E-state index contributed by atoms with van der Waals surface area (Å²) in [5.74, 6) is -2.03. The predicted octanol–water partition coefficient (Wildman–Crippen LogP) is 5.64. The van der Waals surface area contributed by atoms with Crippen LogP contribution >= 0.6 is 11.3 Å². The Morgan fingerprint density at radius 3 is 2.23 bits per heavy atom. The summed E-state index contributed by atoms with van der Waals surface area (Å²) >= 11 is 1.63. The first kappa shape index (κ1) is 47.1. The molecule has 0 aliphatic carbocycles. The van der Waals surface area contributed by atoms with Crippen LogP contribution in [0.1, 0.15) is 29.8 Å². The Hall–Kier alpha value is -5.58. The number of alkyl halides is 6. The van der Waals surface area contributed by atoms with Gasteiger partial charge in [0, 0.05) is 31.0 Å². The molecule has 0 saturated carbocycles. The SMILES string of the molecule is Cn1n[n+](-c2ccc(-c3nc(CCc4ccc(-c5ccccc5)cc4)cs3)c(OCCN3CCNC3=O)c2)cc1CCCCN.O=C(O)C(F)(F)F.O=S(=O)([O-])C(F)(F)F. The molecule has 0 radical (unpaired) electrons. The highest BCUT2D eigenvalue weighted by atomic mass is 32.2. The lowest BCUT2D eigenvalue weighted by Crippen LogP contribution is -2.33. The maximum Gasteiger partial charge on any atom is 0.490 e. The largest absolute Gasteiger partial charge is 0.741 e. The molecule has 1 aliphatic heterocycles. The fraction of sp³-hybridized carbons (Fsp3) is 0.342. The number of amides is 2. The first-order valence-corrected chi connectivity index (χ1v) is 20.4. The Bertz CT molecular complexity index is 2290. The van der Waals surface area contributed by atoms with Crippen molar-refractivity contribution >= 4 is 33.5 Å². The van der Waals surface area contributed by atoms with Crippen molar-refractivity contribution in [2.75, 3.05) is 32.8 Å². The third-order valence-electron chi connectivity index (χ3n) is 8.64. The van der Waals surface area contributed by atoms with Gasteiger partial charge in [-0.2, -0.15) is 26.3 Å². The van der Waals surface area contributed by atoms with Gasteiger partial charge in [-0.1, -0.05) is 54.6 Å². The zero-order chi connectivity index (χ0) is 44.1. The van der Waals surface area contributed by atoms with Gasteiger partial charge in [0.25, 0.3) is 0 Å². The van der Waals surface area contributed by atoms with E-state index in [1.807, 2.05) is 28.5 Å². The van der Waals surface area contributed by atoms with Crippen LogP contribution in [0.4, 0.5) is 31.1 Å². The number of halogens is 6. The minimum Gasteiger partial charge on any atom is -0.741 e. The molecule has 22 heteroatoms. The van der Waals surface area contributed by atoms with Crippen LogP contribution in [0.15, 0.2) is 84.4 Å². The van der Waals surface area contributed by atoms with E-state index in [1.165, 1.54) is 16.7 Å². The van der Waals surface area contributed by atoms with E-state index in [2.05, 4.69) is 77.6 Å². The Labute approximate surface area is 345 Å². The number of aryl methyl sites for hydroxylation is 4. The Morgan fingerprint density at radius 1 is 1.00 bits per heavy atom. The second-order valence-electron chi connectivity index (χ2n) is 13.0. The van der Waals surface area contributed by atoms with Gasteiger partial charge in [0.05, 0.1) is 23.0 Å². The van der Waals surface area contributed by atoms with Crippen LogP contribution in [0.25, 0.3) is 27.4 Å². The monoisotopic (exact) mass is 885 g/mol. The van der Waals surface area contributed by atoms with Crippen molar-refractivity contribution in [3.05, 3.63) is 101 Å². The highest BCUT2D eigenvalue weighted by molar-refractivity contribution is 7.86. The summed E-state index contributed by atoms with van der Waals surface area (Å²) in [5.41, 5.74) is 7.84. The van der Waals surface area contributed by atoms with E-state index in [-0.39, 0.29) is 6.03 Å². The van der Waals surface area contributed by atoms with Crippen LogP contribution in [0.5, 0.6) is 5.75 Å². The van der Waals surface area contributed by atoms with Gasteiger partial charge in [-0.25, -0.2) is 23.0 Å². The zero-order valence-corrected chi connectivity index (χ0v) is 33.6. The van der Waals surface area contributed by atoms with Gasteiger partial charge in [-0.15, -0.1) is 20.7 Å². The van der Waals surface area contributed by atoms with Crippen molar-refractivity contribution in [3.63, 3.8) is 0 Å². The molecule has 4 N–H and O–H groups in total. The summed E-state index contributed by atoms with van der Waals surface area (Å²) < 4.78 is 101. The zero-order valence-electron chi connectivity index (χ0n) is 31.9. The van der Waals surface area contributed by atoms with Crippen LogP contribution in [0.3, 0.4) is 0 Å². The number of ether oxygens (including phenoxy) is 1. The molecule has 0 bridgehead atoms. The highest BCUT2D eigenvalue weighted by Crippen LogP contribution is 2.34. The molecular formula is C38H41F6N7O7S2. The van der Waals surface area contributed by atoms with Gasteiger partial charge in [-0.3, -0.25) is 0 Å². The number of carbonyl (C=O) groups excluding carboxylic acids is 1. The Balaban J connectivity index is 0.000000451. The summed E-state index contributed by atoms with van der Waals surface area (Å²) in [4.78, 5) is 27.7. The molecule has 60 heavy (non-hydrogen) atoms. The topological polar surface area (TPSA) is 197 Å². The molecule has 1 fully saturated rings. The number of nitrogens with one attached hydrogen (secondary N) is 1. The number of hydrogen-bond donors (Lipinski definition) is 3. The van der Waals surface area contributed by atoms with Gasteiger partial charge < -0.3 is 30.3 Å². The van der Waals surface area contributed by atoms with E-state index in [1.54, 1.807) is 16.2 Å². The predicted molar refractivity (Wildman–Crippen MR) is 207 cm³/mol. The number of carboxylic acids is 1. The quantitative estimate of drug-likeness (QED) is 0.0413. The third-order valence-corrected chi connectivity index (χ3v) is 10.1. The molecule has 0 spiro atoms. The van der Waals surface area contributed by atoms with Crippen molar-refractivity contribution in [1.29, 1.82) is 0 Å². The van der Waals surface area contributed by atoms with Crippen molar-refractivity contribution in [3.8, 4) is 33.1 Å². The van der Waals surface area contributed by atoms with E-state index in [9.17, 15) is 31.1 Å². The molecule has 324 valence electrons. The van der Waals surface area contributed by atoms with Crippen molar-refractivity contribution < 1.29 is 63.4 Å². The molecule has 0 unspecified atom stereocenters. The molecule has 6 rings (SSSR count). The summed E-state index contributed by atoms with van der Waals surface area (Å²) in [6, 6.07) is 25.3. The number of thiazole rings is 1. The summed E-state index contributed by atoms with van der Waals surface area (Å²) in [5, 5.41) is 17.7. The second kappa shape index (κ2) is 21.1. The van der Waals surface area contributed by atoms with E-state index in [0.717, 1.165) is 65.5 Å². The fourth-order valence-corrected chi connectivity index (χ4v) is 6.39. The van der Waals surface area contributed by atoms with Gasteiger partial charge >= 0.3 is 23.7 Å². The highest BCUT2D eigenvalue weighted by Gasteiger charge is 2.38. The fourth-order valence-electron chi connectivity index (χ4n) is 5.51. The lowest BCUT2D eigenvalue weighted by molar-refractivity contribution is -0.661. The Kier molecular flexibility index (Phi) is 16.6. The third kappa shape index (κ3) is 14.0. The number of aliphatic carboxylic acids is 1. The summed E-state index contributed by atoms with van der Waals surface area (Å²) in [7, 11) is -4.12. The molecule has 2 amide bonds. The summed E-state index contributed by atoms with van der Waals surface area (Å²) in [6.45, 7) is 2.96. The molecule has 0 atom stereocenters. The maximum atomic E-state index is 12.1. The van der Waals surface area contributed by atoms with E-state index in [0.29, 0.717) is 32.8 Å². The van der Waals surface area contributed by atoms with Crippen LogP contribution < -0.4 is 20.5 Å². The molecule has 2 aromatic heterocycles. The minimum atomic E-state index is -6.09. The number of benzene rings is 3. The number of carbonyl (C=O) groups is 2. The van der Waals surface area contributed by atoms with Crippen LogP contribution in [-0.2, 0) is 41.2 Å². The van der Waals surface area contributed by atoms with Gasteiger partial charge in [0.2, 0.25) is 0 Å². The average molecular weight is 886 g/mol. The van der Waals surface area contributed by atoms with E-state index >= 15 is 0 Å². The van der Waals surface area contributed by atoms with Crippen LogP contribution in [0.2, 0.25) is 0 Å². The van der Waals surface area contributed by atoms with E-state index in [4.69, 9.17) is 43.5 Å². The number of nitrogens with zero attached hydrogens (tertiary/aromatic N) is 5. The lowest BCUT2D eigenvalue weighted by atomic mass is 10.0. The first-order chi connectivity index (χ1) is 28.3. The number of unbranched alkanes of at least 4 members (excludes halogenated alkanes) is 1. The van der Waals surface area contributed by atoms with Crippen LogP contribution in [0, 0.1) is 0 Å². The maximum absolute atomic E-state index is 12.1. The number of nitrogens with two attached hydrogens (primary N) is 1. The average Bonchev–Trinajstić information content (AvgIpc) is 3.94. The Morgan fingerprint density at radius 2 is 1.65 bits per heavy atom. The molecule has 5 aromatic rings. The van der Waals surface area contributed by atoms with E-state index < -0.39 is 27.8 Å². The van der Waals surface area contributed by atoms with Crippen molar-refractivity contribution in [1.82, 2.24) is 25.1 Å². The molecule has 3 aromatic carbocycles. The van der Waals surface area contributed by atoms with Crippen molar-refractivity contribution in [2.24, 2.45) is 12.8 Å². The first-order valence-electron chi connectivity index (χ1n) is 18.1. The summed E-state index contributed by atoms with van der Waals surface area (Å²) in [6.07, 6.45) is 1.70. The smallest absolute Gasteiger partial charge is 0.490 e. The number of carboxylic acid groups (broad SMARTS) is 1. The van der Waals surface area contributed by atoms with Crippen molar-refractivity contribution in [2.45, 2.75) is 43.8 Å². The van der Waals surface area contributed by atoms with Crippen LogP contribution in [-0.4, -0.2) is 94.3 Å². The van der Waals surface area contributed by atoms with Gasteiger partial charge in [-0.05, 0) is 61.1 Å². The van der Waals surface area contributed by atoms with Gasteiger partial charge in [0.1, 0.15) is 24.4 Å². The van der Waals surface area contributed by atoms with Gasteiger partial charge in [0.15, 0.2) is 27.7 Å². The second-order valence-corrected chi connectivity index (χ2v) is 15.2.